The molecular weight excluding hydrogens is 356 g/mol. The fourth-order valence-electron chi connectivity index (χ4n) is 1.71. The third-order valence-corrected chi connectivity index (χ3v) is 3.13. The fraction of sp³-hybridized carbons (Fsp3) is 0.417. The minimum Gasteiger partial charge on any atom is -0.487 e. The number of ether oxygens (including phenoxy) is 1. The molecular formula is C12H8ClF6NO3. The number of benzene rings is 1. The fourth-order valence-corrected chi connectivity index (χ4v) is 1.93. The molecule has 1 aliphatic rings. The van der Waals surface area contributed by atoms with E-state index in [0.29, 0.717) is 11.1 Å². The quantitative estimate of drug-likeness (QED) is 0.771. The Kier molecular flexibility index (Phi) is 4.67. The van der Waals surface area contributed by atoms with Gasteiger partial charge in [0.1, 0.15) is 11.9 Å². The monoisotopic (exact) mass is 363 g/mol. The van der Waals surface area contributed by atoms with Gasteiger partial charge in [0.05, 0.1) is 23.7 Å². The summed E-state index contributed by atoms with van der Waals surface area (Å²) in [6.45, 7) is -0.405. The van der Waals surface area contributed by atoms with E-state index < -0.39 is 35.0 Å². The second kappa shape index (κ2) is 6.08. The van der Waals surface area contributed by atoms with E-state index in [-0.39, 0.29) is 18.8 Å². The number of halogens is 7. The first-order valence-electron chi connectivity index (χ1n) is 6.04. The molecule has 0 unspecified atom stereocenters. The van der Waals surface area contributed by atoms with Crippen molar-refractivity contribution in [2.75, 3.05) is 13.1 Å². The molecule has 0 atom stereocenters. The molecule has 2 rings (SSSR count). The third kappa shape index (κ3) is 4.41. The van der Waals surface area contributed by atoms with Crippen molar-refractivity contribution in [1.29, 1.82) is 0 Å². The lowest BCUT2D eigenvalue weighted by atomic mass is 10.2. The Bertz CT molecular complexity index is 597. The maximum absolute atomic E-state index is 12.7. The predicted octanol–water partition coefficient (Wildman–Crippen LogP) is 3.44. The summed E-state index contributed by atoms with van der Waals surface area (Å²) >= 11 is 5.44. The molecule has 1 saturated heterocycles. The van der Waals surface area contributed by atoms with Gasteiger partial charge in [0, 0.05) is 0 Å². The van der Waals surface area contributed by atoms with Gasteiger partial charge in [0.25, 0.3) is 0 Å². The summed E-state index contributed by atoms with van der Waals surface area (Å²) in [6.07, 6.45) is -10.5. The Morgan fingerprint density at radius 1 is 1.17 bits per heavy atom. The van der Waals surface area contributed by atoms with Crippen molar-refractivity contribution in [2.45, 2.75) is 18.5 Å². The lowest BCUT2D eigenvalue weighted by Crippen LogP contribution is -2.55. The van der Waals surface area contributed by atoms with E-state index in [0.717, 1.165) is 6.07 Å². The van der Waals surface area contributed by atoms with Crippen molar-refractivity contribution in [1.82, 2.24) is 5.06 Å². The van der Waals surface area contributed by atoms with Crippen LogP contribution in [0.4, 0.5) is 26.3 Å². The van der Waals surface area contributed by atoms with Crippen LogP contribution in [-0.4, -0.2) is 36.4 Å². The molecule has 0 amide bonds. The molecule has 0 radical (unpaired) electrons. The summed E-state index contributed by atoms with van der Waals surface area (Å²) in [6, 6.07) is 2.88. The Labute approximate surface area is 130 Å². The Morgan fingerprint density at radius 2 is 1.78 bits per heavy atom. The second-order valence-corrected chi connectivity index (χ2v) is 5.01. The standard InChI is InChI=1S/C12H8ClF6NO3/c13-9-2-1-6(3-8(9)11(14,15)16)22-7-4-20(5-7)23-10(21)12(17,18)19/h1-3,7H,4-5H2. The van der Waals surface area contributed by atoms with Gasteiger partial charge in [-0.2, -0.15) is 26.3 Å². The number of rotatable bonds is 3. The minimum atomic E-state index is -5.12. The van der Waals surface area contributed by atoms with Crippen LogP contribution in [0.15, 0.2) is 18.2 Å². The highest BCUT2D eigenvalue weighted by atomic mass is 35.5. The van der Waals surface area contributed by atoms with Crippen molar-refractivity contribution in [3.8, 4) is 5.75 Å². The Balaban J connectivity index is 1.90. The first-order chi connectivity index (χ1) is 10.5. The van der Waals surface area contributed by atoms with Crippen LogP contribution in [-0.2, 0) is 15.8 Å². The molecule has 1 aliphatic heterocycles. The highest BCUT2D eigenvalue weighted by molar-refractivity contribution is 6.31. The molecule has 0 saturated carbocycles. The highest BCUT2D eigenvalue weighted by Gasteiger charge is 2.45. The Morgan fingerprint density at radius 3 is 2.30 bits per heavy atom. The Hall–Kier alpha value is -1.68. The smallest absolute Gasteiger partial charge is 0.487 e. The van der Waals surface area contributed by atoms with Crippen molar-refractivity contribution < 1.29 is 40.7 Å². The molecule has 11 heteroatoms. The van der Waals surface area contributed by atoms with E-state index in [4.69, 9.17) is 16.3 Å². The number of carbonyl (C=O) groups is 1. The van der Waals surface area contributed by atoms with Crippen molar-refractivity contribution in [2.24, 2.45) is 0 Å². The zero-order valence-electron chi connectivity index (χ0n) is 11.0. The van der Waals surface area contributed by atoms with Crippen molar-refractivity contribution in [3.05, 3.63) is 28.8 Å². The van der Waals surface area contributed by atoms with Gasteiger partial charge in [-0.25, -0.2) is 4.79 Å². The molecule has 1 heterocycles. The highest BCUT2D eigenvalue weighted by Crippen LogP contribution is 2.37. The van der Waals surface area contributed by atoms with Crippen molar-refractivity contribution in [3.63, 3.8) is 0 Å². The van der Waals surface area contributed by atoms with E-state index in [1.807, 2.05) is 0 Å². The zero-order valence-corrected chi connectivity index (χ0v) is 11.8. The van der Waals surface area contributed by atoms with Gasteiger partial charge in [-0.1, -0.05) is 11.6 Å². The third-order valence-electron chi connectivity index (χ3n) is 2.80. The lowest BCUT2D eigenvalue weighted by Gasteiger charge is -2.36. The largest absolute Gasteiger partial charge is 0.492 e. The van der Waals surface area contributed by atoms with Crippen LogP contribution >= 0.6 is 11.6 Å². The maximum Gasteiger partial charge on any atom is 0.492 e. The summed E-state index contributed by atoms with van der Waals surface area (Å²) in [5, 5.41) is 0.195. The van der Waals surface area contributed by atoms with Gasteiger partial charge in [-0.3, -0.25) is 0 Å². The van der Waals surface area contributed by atoms with Gasteiger partial charge in [0.15, 0.2) is 0 Å². The SMILES string of the molecule is O=C(ON1CC(Oc2ccc(Cl)c(C(F)(F)F)c2)C1)C(F)(F)F. The zero-order chi connectivity index (χ0) is 17.4. The van der Waals surface area contributed by atoms with E-state index in [1.165, 1.54) is 6.07 Å². The van der Waals surface area contributed by atoms with Gasteiger partial charge in [0.2, 0.25) is 0 Å². The summed E-state index contributed by atoms with van der Waals surface area (Å²) in [7, 11) is 0. The number of carbonyl (C=O) groups excluding carboxylic acids is 1. The number of hydrogen-bond acceptors (Lipinski definition) is 4. The normalized spacial score (nSPS) is 16.8. The van der Waals surface area contributed by atoms with Crippen LogP contribution in [0.1, 0.15) is 5.56 Å². The molecule has 0 N–H and O–H groups in total. The van der Waals surface area contributed by atoms with E-state index in [1.54, 1.807) is 0 Å². The molecule has 128 valence electrons. The van der Waals surface area contributed by atoms with Crippen LogP contribution in [0.3, 0.4) is 0 Å². The summed E-state index contributed by atoms with van der Waals surface area (Å²) in [5.41, 5.74) is -1.09. The van der Waals surface area contributed by atoms with Crippen LogP contribution < -0.4 is 4.74 Å². The average Bonchev–Trinajstić information content (AvgIpc) is 2.35. The molecule has 23 heavy (non-hydrogen) atoms. The lowest BCUT2D eigenvalue weighted by molar-refractivity contribution is -0.262. The molecule has 1 fully saturated rings. The summed E-state index contributed by atoms with van der Waals surface area (Å²) < 4.78 is 79.0. The summed E-state index contributed by atoms with van der Waals surface area (Å²) in [5.74, 6) is -2.52. The van der Waals surface area contributed by atoms with Gasteiger partial charge in [-0.05, 0) is 18.2 Å². The summed E-state index contributed by atoms with van der Waals surface area (Å²) in [4.78, 5) is 14.6. The number of hydroxylamine groups is 2. The van der Waals surface area contributed by atoms with Gasteiger partial charge >= 0.3 is 18.3 Å². The topological polar surface area (TPSA) is 38.8 Å². The first-order valence-corrected chi connectivity index (χ1v) is 6.42. The molecule has 0 aromatic heterocycles. The van der Waals surface area contributed by atoms with E-state index in [2.05, 4.69) is 4.84 Å². The van der Waals surface area contributed by atoms with Crippen LogP contribution in [0, 0.1) is 0 Å². The first kappa shape index (κ1) is 17.7. The van der Waals surface area contributed by atoms with Crippen molar-refractivity contribution >= 4 is 17.6 Å². The molecule has 0 aliphatic carbocycles. The van der Waals surface area contributed by atoms with Crippen LogP contribution in [0.5, 0.6) is 5.75 Å². The second-order valence-electron chi connectivity index (χ2n) is 4.60. The maximum atomic E-state index is 12.7. The minimum absolute atomic E-state index is 0.145. The molecule has 1 aromatic rings. The van der Waals surface area contributed by atoms with Crippen LogP contribution in [0.2, 0.25) is 5.02 Å². The van der Waals surface area contributed by atoms with Gasteiger partial charge in [-0.15, -0.1) is 5.06 Å². The molecule has 4 nitrogen and oxygen atoms in total. The molecule has 0 bridgehead atoms. The molecule has 1 aromatic carbocycles. The average molecular weight is 364 g/mol. The number of alkyl halides is 6. The van der Waals surface area contributed by atoms with E-state index in [9.17, 15) is 31.1 Å². The van der Waals surface area contributed by atoms with E-state index >= 15 is 0 Å². The van der Waals surface area contributed by atoms with Gasteiger partial charge < -0.3 is 9.57 Å². The van der Waals surface area contributed by atoms with Crippen LogP contribution in [0.25, 0.3) is 0 Å². The molecule has 0 spiro atoms. The number of nitrogens with zero attached hydrogens (tertiary/aromatic N) is 1. The number of hydrogen-bond donors (Lipinski definition) is 0. The predicted molar refractivity (Wildman–Crippen MR) is 64.6 cm³/mol.